The van der Waals surface area contributed by atoms with E-state index in [0.29, 0.717) is 37.9 Å². The predicted molar refractivity (Wildman–Crippen MR) is 160 cm³/mol. The lowest BCUT2D eigenvalue weighted by Gasteiger charge is -2.23. The first-order chi connectivity index (χ1) is 19.9. The Balaban J connectivity index is 2.45. The number of hydrogen-bond donors (Lipinski definition) is 6. The number of hydrogen-bond acceptors (Lipinski definition) is 6. The molecule has 0 saturated heterocycles. The Kier molecular flexibility index (Phi) is 20.9. The molecular weight excluding hydrogens is 524 g/mol. The Morgan fingerprint density at radius 3 is 1.98 bits per heavy atom. The summed E-state index contributed by atoms with van der Waals surface area (Å²) in [5, 5.41) is 16.7. The highest BCUT2D eigenvalue weighted by molar-refractivity contribution is 5.93. The molecule has 2 atom stereocenters. The number of nitrogens with zero attached hydrogens (tertiary/aromatic N) is 1. The smallest absolute Gasteiger partial charge is 0.322 e. The van der Waals surface area contributed by atoms with Crippen LogP contribution in [0.15, 0.2) is 12.5 Å². The molecule has 0 spiro atoms. The minimum Gasteiger partial charge on any atom is -0.480 e. The molecule has 0 saturated carbocycles. The monoisotopic (exact) mass is 578 g/mol. The Bertz CT molecular complexity index is 848. The molecule has 11 heteroatoms. The summed E-state index contributed by atoms with van der Waals surface area (Å²) in [6.45, 7) is 2.15. The van der Waals surface area contributed by atoms with Crippen LogP contribution in [-0.4, -0.2) is 63.9 Å². The van der Waals surface area contributed by atoms with E-state index in [2.05, 4.69) is 32.8 Å². The maximum atomic E-state index is 13.2. The molecule has 3 amide bonds. The molecule has 0 aliphatic heterocycles. The molecule has 41 heavy (non-hydrogen) atoms. The molecule has 1 aromatic rings. The number of nitrogens with one attached hydrogen (secondary N) is 4. The van der Waals surface area contributed by atoms with Crippen molar-refractivity contribution in [1.82, 2.24) is 25.9 Å². The lowest BCUT2D eigenvalue weighted by molar-refractivity contribution is -0.138. The van der Waals surface area contributed by atoms with Gasteiger partial charge in [0.25, 0.3) is 0 Å². The Hall–Kier alpha value is -2.95. The van der Waals surface area contributed by atoms with Crippen molar-refractivity contribution in [3.05, 3.63) is 18.2 Å². The number of rotatable bonds is 26. The van der Waals surface area contributed by atoms with Gasteiger partial charge < -0.3 is 31.8 Å². The van der Waals surface area contributed by atoms with Crippen LogP contribution in [0.1, 0.15) is 122 Å². The summed E-state index contributed by atoms with van der Waals surface area (Å²) in [5.41, 5.74) is 6.21. The number of carboxylic acids is 1. The summed E-state index contributed by atoms with van der Waals surface area (Å²) in [6, 6.07) is -1.84. The second kappa shape index (κ2) is 23.7. The molecule has 1 rings (SSSR count). The second-order valence-electron chi connectivity index (χ2n) is 10.9. The summed E-state index contributed by atoms with van der Waals surface area (Å²) in [7, 11) is 0. The van der Waals surface area contributed by atoms with Crippen molar-refractivity contribution in [3.63, 3.8) is 0 Å². The minimum absolute atomic E-state index is 0.0968. The van der Waals surface area contributed by atoms with Gasteiger partial charge in [0.15, 0.2) is 0 Å². The van der Waals surface area contributed by atoms with Gasteiger partial charge in [-0.25, -0.2) is 4.98 Å². The van der Waals surface area contributed by atoms with Gasteiger partial charge in [-0.2, -0.15) is 0 Å². The Morgan fingerprint density at radius 2 is 1.44 bits per heavy atom. The standard InChI is InChI=1S/C30H54N6O5/c1-2-3-4-5-6-7-8-9-10-11-12-13-14-18-27(37)35-25(17-15-16-19-31)30(41)36-26(20-24-21-32-23-34-24)29(40)33-22-28(38)39/h21,23,25-26H,2-20,22,31H2,1H3,(H,32,34)(H,33,40)(H,35,37)(H,36,41)(H,38,39)/t25-,26-/m0/s1. The van der Waals surface area contributed by atoms with Crippen LogP contribution in [-0.2, 0) is 25.6 Å². The molecule has 0 aliphatic carbocycles. The van der Waals surface area contributed by atoms with Gasteiger partial charge >= 0.3 is 5.97 Å². The molecule has 11 nitrogen and oxygen atoms in total. The van der Waals surface area contributed by atoms with Gasteiger partial charge in [-0.3, -0.25) is 19.2 Å². The van der Waals surface area contributed by atoms with Gasteiger partial charge in [-0.05, 0) is 32.2 Å². The second-order valence-corrected chi connectivity index (χ2v) is 10.9. The molecule has 234 valence electrons. The van der Waals surface area contributed by atoms with Crippen molar-refractivity contribution in [2.24, 2.45) is 5.73 Å². The van der Waals surface area contributed by atoms with Crippen LogP contribution in [0.2, 0.25) is 0 Å². The van der Waals surface area contributed by atoms with E-state index in [1.165, 1.54) is 76.7 Å². The van der Waals surface area contributed by atoms with E-state index in [1.54, 1.807) is 0 Å². The van der Waals surface area contributed by atoms with Crippen molar-refractivity contribution in [3.8, 4) is 0 Å². The highest BCUT2D eigenvalue weighted by Gasteiger charge is 2.27. The summed E-state index contributed by atoms with van der Waals surface area (Å²) >= 11 is 0. The number of carbonyl (C=O) groups excluding carboxylic acids is 3. The van der Waals surface area contributed by atoms with Crippen LogP contribution in [0.25, 0.3) is 0 Å². The quantitative estimate of drug-likeness (QED) is 0.0906. The minimum atomic E-state index is -1.19. The molecular formula is C30H54N6O5. The summed E-state index contributed by atoms with van der Waals surface area (Å²) < 4.78 is 0. The Morgan fingerprint density at radius 1 is 0.829 bits per heavy atom. The van der Waals surface area contributed by atoms with E-state index in [0.717, 1.165) is 19.3 Å². The first-order valence-electron chi connectivity index (χ1n) is 15.6. The number of imidazole rings is 1. The zero-order valence-corrected chi connectivity index (χ0v) is 25.1. The van der Waals surface area contributed by atoms with Crippen molar-refractivity contribution in [2.45, 2.75) is 135 Å². The molecule has 0 aromatic carbocycles. The van der Waals surface area contributed by atoms with E-state index in [9.17, 15) is 19.2 Å². The third-order valence-corrected chi connectivity index (χ3v) is 7.13. The molecule has 0 unspecified atom stereocenters. The number of aromatic nitrogens is 2. The van der Waals surface area contributed by atoms with Crippen LogP contribution in [0.4, 0.5) is 0 Å². The highest BCUT2D eigenvalue weighted by Crippen LogP contribution is 2.13. The van der Waals surface area contributed by atoms with Crippen molar-refractivity contribution in [2.75, 3.05) is 13.1 Å². The van der Waals surface area contributed by atoms with Crippen LogP contribution < -0.4 is 21.7 Å². The van der Waals surface area contributed by atoms with Crippen molar-refractivity contribution in [1.29, 1.82) is 0 Å². The van der Waals surface area contributed by atoms with Gasteiger partial charge in [-0.1, -0.05) is 84.0 Å². The van der Waals surface area contributed by atoms with E-state index in [-0.39, 0.29) is 12.3 Å². The summed E-state index contributed by atoms with van der Waals surface area (Å²) in [4.78, 5) is 56.2. The summed E-state index contributed by atoms with van der Waals surface area (Å²) in [6.07, 6.45) is 21.1. The van der Waals surface area contributed by atoms with Crippen LogP contribution in [0.3, 0.4) is 0 Å². The summed E-state index contributed by atoms with van der Waals surface area (Å²) in [5.74, 6) is -2.50. The SMILES string of the molecule is CCCCCCCCCCCCCCCC(=O)N[C@@H](CCCCN)C(=O)N[C@@H](Cc1cnc[nH]1)C(=O)NCC(=O)O. The van der Waals surface area contributed by atoms with Crippen LogP contribution in [0.5, 0.6) is 0 Å². The lowest BCUT2D eigenvalue weighted by Crippen LogP contribution is -2.55. The number of aliphatic carboxylic acids is 1. The van der Waals surface area contributed by atoms with E-state index in [1.807, 2.05) is 0 Å². The largest absolute Gasteiger partial charge is 0.480 e. The molecule has 0 aliphatic rings. The normalized spacial score (nSPS) is 12.4. The first kappa shape index (κ1) is 36.1. The number of amides is 3. The maximum absolute atomic E-state index is 13.2. The number of H-pyrrole nitrogens is 1. The number of carboxylic acid groups (broad SMARTS) is 1. The van der Waals surface area contributed by atoms with E-state index in [4.69, 9.17) is 10.8 Å². The van der Waals surface area contributed by atoms with Gasteiger partial charge in [0.1, 0.15) is 18.6 Å². The van der Waals surface area contributed by atoms with Crippen molar-refractivity contribution >= 4 is 23.7 Å². The third-order valence-electron chi connectivity index (χ3n) is 7.13. The number of carbonyl (C=O) groups is 4. The van der Waals surface area contributed by atoms with Gasteiger partial charge in [0.05, 0.1) is 6.33 Å². The maximum Gasteiger partial charge on any atom is 0.322 e. The Labute approximate surface area is 245 Å². The van der Waals surface area contributed by atoms with Crippen molar-refractivity contribution < 1.29 is 24.3 Å². The van der Waals surface area contributed by atoms with E-state index >= 15 is 0 Å². The average Bonchev–Trinajstić information content (AvgIpc) is 3.46. The number of aromatic amines is 1. The molecule has 1 heterocycles. The molecule has 7 N–H and O–H groups in total. The molecule has 0 radical (unpaired) electrons. The first-order valence-corrected chi connectivity index (χ1v) is 15.6. The third kappa shape index (κ3) is 18.9. The van der Waals surface area contributed by atoms with Crippen LogP contribution in [0, 0.1) is 0 Å². The van der Waals surface area contributed by atoms with Gasteiger partial charge in [0.2, 0.25) is 17.7 Å². The van der Waals surface area contributed by atoms with E-state index < -0.39 is 36.4 Å². The predicted octanol–water partition coefficient (Wildman–Crippen LogP) is 3.73. The molecule has 1 aromatic heterocycles. The zero-order chi connectivity index (χ0) is 30.1. The topological polar surface area (TPSA) is 179 Å². The van der Waals surface area contributed by atoms with Gasteiger partial charge in [-0.15, -0.1) is 0 Å². The average molecular weight is 579 g/mol. The fourth-order valence-electron chi connectivity index (χ4n) is 4.72. The molecule has 0 fully saturated rings. The fraction of sp³-hybridized carbons (Fsp3) is 0.767. The zero-order valence-electron chi connectivity index (χ0n) is 25.1. The highest BCUT2D eigenvalue weighted by atomic mass is 16.4. The number of nitrogens with two attached hydrogens (primary N) is 1. The molecule has 0 bridgehead atoms. The van der Waals surface area contributed by atoms with Gasteiger partial charge in [0, 0.05) is 24.7 Å². The number of unbranched alkanes of at least 4 members (excludes halogenated alkanes) is 13. The lowest BCUT2D eigenvalue weighted by atomic mass is 10.0. The fourth-order valence-corrected chi connectivity index (χ4v) is 4.72. The van der Waals surface area contributed by atoms with Crippen LogP contribution >= 0.6 is 0 Å².